The van der Waals surface area contributed by atoms with Crippen LogP contribution in [0.3, 0.4) is 0 Å². The molecular weight excluding hydrogens is 506 g/mol. The summed E-state index contributed by atoms with van der Waals surface area (Å²) in [6.07, 6.45) is -4.46. The van der Waals surface area contributed by atoms with Gasteiger partial charge in [-0.05, 0) is 48.9 Å². The number of alkyl halides is 3. The van der Waals surface area contributed by atoms with Crippen molar-refractivity contribution >= 4 is 32.6 Å². The van der Waals surface area contributed by atoms with Gasteiger partial charge in [-0.1, -0.05) is 41.7 Å². The zero-order valence-electron chi connectivity index (χ0n) is 19.3. The summed E-state index contributed by atoms with van der Waals surface area (Å²) in [5.41, 5.74) is 7.06. The van der Waals surface area contributed by atoms with Crippen molar-refractivity contribution in [2.45, 2.75) is 19.1 Å². The molecule has 0 unspecified atom stereocenters. The minimum absolute atomic E-state index is 0.137. The Morgan fingerprint density at radius 1 is 0.946 bits per heavy atom. The van der Waals surface area contributed by atoms with Crippen molar-refractivity contribution in [3.63, 3.8) is 0 Å². The van der Waals surface area contributed by atoms with E-state index in [1.807, 2.05) is 13.0 Å². The minimum atomic E-state index is -4.46. The Morgan fingerprint density at radius 2 is 1.70 bits per heavy atom. The molecule has 11 heteroatoms. The van der Waals surface area contributed by atoms with Gasteiger partial charge in [-0.3, -0.25) is 0 Å². The van der Waals surface area contributed by atoms with Gasteiger partial charge in [0.1, 0.15) is 11.3 Å². The molecule has 0 amide bonds. The first-order chi connectivity index (χ1) is 17.7. The van der Waals surface area contributed by atoms with Crippen LogP contribution in [0.2, 0.25) is 0 Å². The van der Waals surface area contributed by atoms with Crippen molar-refractivity contribution < 1.29 is 22.3 Å². The molecule has 6 nitrogen and oxygen atoms in total. The molecule has 3 aromatic carbocycles. The van der Waals surface area contributed by atoms with Gasteiger partial charge < -0.3 is 15.8 Å². The van der Waals surface area contributed by atoms with Crippen LogP contribution >= 0.6 is 11.3 Å². The predicted molar refractivity (Wildman–Crippen MR) is 135 cm³/mol. The van der Waals surface area contributed by atoms with Crippen LogP contribution in [-0.4, -0.2) is 15.0 Å². The number of aromatic nitrogens is 3. The molecule has 2 aromatic heterocycles. The fraction of sp³-hybridized carbons (Fsp3) is 0.115. The van der Waals surface area contributed by atoms with Gasteiger partial charge in [0.25, 0.3) is 0 Å². The maximum Gasteiger partial charge on any atom is 0.416 e. The Morgan fingerprint density at radius 3 is 2.43 bits per heavy atom. The summed E-state index contributed by atoms with van der Waals surface area (Å²) in [7, 11) is 0. The van der Waals surface area contributed by atoms with Crippen LogP contribution in [0.5, 0.6) is 11.6 Å². The molecule has 0 aliphatic rings. The van der Waals surface area contributed by atoms with Crippen molar-refractivity contribution in [1.29, 1.82) is 0 Å². The molecule has 0 saturated heterocycles. The number of ether oxygens (including phenoxy) is 1. The molecule has 5 aromatic rings. The van der Waals surface area contributed by atoms with E-state index in [1.54, 1.807) is 24.3 Å². The number of nitrogens with two attached hydrogens (primary N) is 1. The van der Waals surface area contributed by atoms with Gasteiger partial charge >= 0.3 is 6.18 Å². The van der Waals surface area contributed by atoms with Crippen molar-refractivity contribution in [3.8, 4) is 22.9 Å². The number of benzene rings is 3. The van der Waals surface area contributed by atoms with Crippen molar-refractivity contribution in [2.24, 2.45) is 0 Å². The molecule has 0 bridgehead atoms. The summed E-state index contributed by atoms with van der Waals surface area (Å²) in [5, 5.41) is 3.50. The second kappa shape index (κ2) is 9.66. The number of anilines is 2. The second-order valence-electron chi connectivity index (χ2n) is 8.17. The van der Waals surface area contributed by atoms with Gasteiger partial charge in [-0.15, -0.1) is 0 Å². The minimum Gasteiger partial charge on any atom is -0.437 e. The van der Waals surface area contributed by atoms with Crippen LogP contribution in [0.25, 0.3) is 21.5 Å². The number of nitrogen functional groups attached to an aromatic ring is 1. The van der Waals surface area contributed by atoms with Gasteiger partial charge in [0.15, 0.2) is 10.9 Å². The summed E-state index contributed by atoms with van der Waals surface area (Å²) in [6.45, 7) is 1.81. The maximum atomic E-state index is 13.7. The molecule has 0 aliphatic heterocycles. The van der Waals surface area contributed by atoms with Crippen molar-refractivity contribution in [3.05, 3.63) is 89.7 Å². The number of nitrogens with zero attached hydrogens (tertiary/aromatic N) is 3. The summed E-state index contributed by atoms with van der Waals surface area (Å²) in [5.74, 6) is 0.309. The number of halogens is 4. The van der Waals surface area contributed by atoms with E-state index >= 15 is 0 Å². The third kappa shape index (κ3) is 5.46. The normalized spacial score (nSPS) is 12.5. The third-order valence-electron chi connectivity index (χ3n) is 5.52. The highest BCUT2D eigenvalue weighted by atomic mass is 32.1. The molecular formula is C26H19F4N5OS. The quantitative estimate of drug-likeness (QED) is 0.224. The zero-order chi connectivity index (χ0) is 26.2. The molecule has 5 rings (SSSR count). The average molecular weight is 526 g/mol. The molecule has 3 N–H and O–H groups in total. The monoisotopic (exact) mass is 525 g/mol. The number of nitrogens with one attached hydrogen (secondary N) is 1. The zero-order valence-corrected chi connectivity index (χ0v) is 20.1. The summed E-state index contributed by atoms with van der Waals surface area (Å²) in [6, 6.07) is 17.2. The lowest BCUT2D eigenvalue weighted by Gasteiger charge is -2.16. The Labute approximate surface area is 212 Å². The Hall–Kier alpha value is -4.25. The van der Waals surface area contributed by atoms with Gasteiger partial charge in [-0.2, -0.15) is 18.2 Å². The molecule has 188 valence electrons. The third-order valence-corrected chi connectivity index (χ3v) is 6.37. The SMILES string of the molecule is C[C@@H](Nc1nc(Oc2cccc3sc(N)nc23)cc(-c2ccc(C(F)(F)F)cc2)n1)c1cccc(F)c1. The van der Waals surface area contributed by atoms with E-state index in [9.17, 15) is 17.6 Å². The first-order valence-corrected chi connectivity index (χ1v) is 11.9. The number of hydrogen-bond donors (Lipinski definition) is 2. The number of thiazole rings is 1. The van der Waals surface area contributed by atoms with Crippen molar-refractivity contribution in [2.75, 3.05) is 11.1 Å². The van der Waals surface area contributed by atoms with E-state index in [2.05, 4.69) is 20.3 Å². The van der Waals surface area contributed by atoms with Gasteiger partial charge in [-0.25, -0.2) is 14.4 Å². The van der Waals surface area contributed by atoms with Crippen LogP contribution in [0, 0.1) is 5.82 Å². The molecule has 2 heterocycles. The van der Waals surface area contributed by atoms with Gasteiger partial charge in [0, 0.05) is 11.6 Å². The molecule has 1 atom stereocenters. The van der Waals surface area contributed by atoms with Crippen LogP contribution in [0.4, 0.5) is 28.6 Å². The predicted octanol–water partition coefficient (Wildman–Crippen LogP) is 7.46. The van der Waals surface area contributed by atoms with Crippen LogP contribution in [0.15, 0.2) is 72.8 Å². The summed E-state index contributed by atoms with van der Waals surface area (Å²) < 4.78 is 59.8. The summed E-state index contributed by atoms with van der Waals surface area (Å²) >= 11 is 1.31. The fourth-order valence-corrected chi connectivity index (χ4v) is 4.46. The Balaban J connectivity index is 1.53. The van der Waals surface area contributed by atoms with Crippen LogP contribution in [-0.2, 0) is 6.18 Å². The molecule has 0 aliphatic carbocycles. The van der Waals surface area contributed by atoms with E-state index in [4.69, 9.17) is 10.5 Å². The molecule has 0 spiro atoms. The number of fused-ring (bicyclic) bond motifs is 1. The maximum absolute atomic E-state index is 13.7. The van der Waals surface area contributed by atoms with Gasteiger partial charge in [0.2, 0.25) is 11.8 Å². The fourth-order valence-electron chi connectivity index (χ4n) is 3.71. The average Bonchev–Trinajstić information content (AvgIpc) is 3.25. The molecule has 0 fully saturated rings. The highest BCUT2D eigenvalue weighted by Crippen LogP contribution is 2.35. The lowest BCUT2D eigenvalue weighted by atomic mass is 10.1. The first kappa shape index (κ1) is 24.4. The van der Waals surface area contributed by atoms with Crippen LogP contribution < -0.4 is 15.8 Å². The largest absolute Gasteiger partial charge is 0.437 e. The number of para-hydroxylation sites is 1. The number of hydrogen-bond acceptors (Lipinski definition) is 7. The smallest absolute Gasteiger partial charge is 0.416 e. The van der Waals surface area contributed by atoms with E-state index in [0.717, 1.165) is 16.8 Å². The van der Waals surface area contributed by atoms with Gasteiger partial charge in [0.05, 0.1) is 22.0 Å². The molecule has 37 heavy (non-hydrogen) atoms. The second-order valence-corrected chi connectivity index (χ2v) is 9.23. The first-order valence-electron chi connectivity index (χ1n) is 11.1. The van der Waals surface area contributed by atoms with E-state index < -0.39 is 11.7 Å². The summed E-state index contributed by atoms with van der Waals surface area (Å²) in [4.78, 5) is 13.2. The topological polar surface area (TPSA) is 86.0 Å². The van der Waals surface area contributed by atoms with E-state index in [1.165, 1.54) is 41.7 Å². The highest BCUT2D eigenvalue weighted by molar-refractivity contribution is 7.22. The molecule has 0 radical (unpaired) electrons. The lowest BCUT2D eigenvalue weighted by Crippen LogP contribution is -2.10. The standard InChI is InChI=1S/C26H19F4N5OS/c1-14(16-4-2-5-18(27)12-16)32-25-33-19(15-8-10-17(11-9-15)26(28,29)30)13-22(34-25)36-20-6-3-7-21-23(20)35-24(31)37-21/h2-14H,1H3,(H2,31,35)(H,32,33,34)/t14-/m1/s1. The Bertz CT molecular complexity index is 1570. The van der Waals surface area contributed by atoms with E-state index in [-0.39, 0.29) is 23.7 Å². The highest BCUT2D eigenvalue weighted by Gasteiger charge is 2.30. The molecule has 0 saturated carbocycles. The van der Waals surface area contributed by atoms with Crippen LogP contribution in [0.1, 0.15) is 24.1 Å². The Kier molecular flexibility index (Phi) is 6.38. The van der Waals surface area contributed by atoms with E-state index in [0.29, 0.717) is 33.2 Å². The lowest BCUT2D eigenvalue weighted by molar-refractivity contribution is -0.137. The number of rotatable bonds is 6. The van der Waals surface area contributed by atoms with Crippen molar-refractivity contribution in [1.82, 2.24) is 15.0 Å².